The molecule has 3 heterocycles. The fourth-order valence-corrected chi connectivity index (χ4v) is 5.03. The summed E-state index contributed by atoms with van der Waals surface area (Å²) >= 11 is 7.75. The quantitative estimate of drug-likeness (QED) is 0.486. The van der Waals surface area contributed by atoms with Crippen molar-refractivity contribution < 1.29 is 9.53 Å². The number of nitrogens with zero attached hydrogens (tertiary/aromatic N) is 2. The number of benzene rings is 2. The topological polar surface area (TPSA) is 54.5 Å². The third-order valence-electron chi connectivity index (χ3n) is 5.14. The zero-order chi connectivity index (χ0) is 18.4. The van der Waals surface area contributed by atoms with E-state index in [0.29, 0.717) is 17.2 Å². The summed E-state index contributed by atoms with van der Waals surface area (Å²) in [6, 6.07) is 11.9. The van der Waals surface area contributed by atoms with E-state index in [9.17, 15) is 4.79 Å². The Labute approximate surface area is 178 Å². The van der Waals surface area contributed by atoms with E-state index in [1.807, 2.05) is 24.3 Å². The first-order valence-electron chi connectivity index (χ1n) is 9.04. The van der Waals surface area contributed by atoms with Crippen LogP contribution in [-0.2, 0) is 11.2 Å². The van der Waals surface area contributed by atoms with Crippen LogP contribution in [0, 0.1) is 0 Å². The number of aromatic nitrogens is 1. The summed E-state index contributed by atoms with van der Waals surface area (Å²) < 4.78 is 6.70. The largest absolute Gasteiger partial charge is 0.426 e. The number of para-hydroxylation sites is 1. The maximum Gasteiger partial charge on any atom is 0.321 e. The van der Waals surface area contributed by atoms with Crippen LogP contribution in [0.15, 0.2) is 36.4 Å². The minimum atomic E-state index is -0.379. The number of hydrogen-bond acceptors (Lipinski definition) is 6. The summed E-state index contributed by atoms with van der Waals surface area (Å²) in [6.45, 7) is 3.86. The van der Waals surface area contributed by atoms with Gasteiger partial charge in [0.1, 0.15) is 22.2 Å². The van der Waals surface area contributed by atoms with Crippen molar-refractivity contribution >= 4 is 57.2 Å². The molecule has 1 aromatic heterocycles. The van der Waals surface area contributed by atoms with Crippen molar-refractivity contribution in [2.75, 3.05) is 31.1 Å². The molecule has 5 rings (SSSR count). The molecule has 2 aliphatic heterocycles. The zero-order valence-electron chi connectivity index (χ0n) is 15.0. The van der Waals surface area contributed by atoms with Gasteiger partial charge in [-0.3, -0.25) is 4.79 Å². The Morgan fingerprint density at radius 1 is 1.21 bits per heavy atom. The van der Waals surface area contributed by atoms with Crippen LogP contribution in [0.4, 0.5) is 5.69 Å². The van der Waals surface area contributed by atoms with Gasteiger partial charge in [-0.1, -0.05) is 23.7 Å². The van der Waals surface area contributed by atoms with E-state index in [1.165, 1.54) is 11.3 Å². The Kier molecular flexibility index (Phi) is 5.47. The molecular formula is C20H19Cl2N3O2S. The normalized spacial score (nSPS) is 19.1. The van der Waals surface area contributed by atoms with E-state index in [0.717, 1.165) is 52.7 Å². The third kappa shape index (κ3) is 3.46. The average molecular weight is 436 g/mol. The number of piperazine rings is 1. The molecule has 1 N–H and O–H groups in total. The molecule has 1 unspecified atom stereocenters. The van der Waals surface area contributed by atoms with Gasteiger partial charge in [0.05, 0.1) is 9.72 Å². The third-order valence-corrected chi connectivity index (χ3v) is 6.58. The molecule has 0 bridgehead atoms. The predicted molar refractivity (Wildman–Crippen MR) is 115 cm³/mol. The molecule has 0 spiro atoms. The minimum absolute atomic E-state index is 0. The summed E-state index contributed by atoms with van der Waals surface area (Å²) in [6.07, 6.45) is 0.605. The van der Waals surface area contributed by atoms with Gasteiger partial charge >= 0.3 is 5.97 Å². The van der Waals surface area contributed by atoms with Crippen molar-refractivity contribution in [3.63, 3.8) is 0 Å². The van der Waals surface area contributed by atoms with E-state index < -0.39 is 0 Å². The minimum Gasteiger partial charge on any atom is -0.426 e. The standard InChI is InChI=1S/C20H18ClN3O2S.ClH/c21-15-2-1-3-17-18(15)23-19(27-17)14-10-12-4-5-13(11-16(12)26-20(14)25)24-8-6-22-7-9-24;/h1-5,11,14,22H,6-10H2;1H. The molecule has 0 aliphatic carbocycles. The fourth-order valence-electron chi connectivity index (χ4n) is 3.68. The first-order valence-corrected chi connectivity index (χ1v) is 10.2. The monoisotopic (exact) mass is 435 g/mol. The summed E-state index contributed by atoms with van der Waals surface area (Å²) in [5, 5.41) is 4.73. The van der Waals surface area contributed by atoms with Gasteiger partial charge < -0.3 is 15.0 Å². The van der Waals surface area contributed by atoms with Gasteiger partial charge in [-0.25, -0.2) is 4.98 Å². The smallest absolute Gasteiger partial charge is 0.321 e. The molecule has 0 amide bonds. The van der Waals surface area contributed by atoms with Crippen LogP contribution < -0.4 is 15.0 Å². The molecule has 28 heavy (non-hydrogen) atoms. The molecule has 1 atom stereocenters. The van der Waals surface area contributed by atoms with Crippen LogP contribution in [-0.4, -0.2) is 37.1 Å². The van der Waals surface area contributed by atoms with Crippen molar-refractivity contribution in [1.29, 1.82) is 0 Å². The van der Waals surface area contributed by atoms with Crippen LogP contribution in [0.3, 0.4) is 0 Å². The summed E-state index contributed by atoms with van der Waals surface area (Å²) in [5.74, 6) is 0.0533. The second kappa shape index (κ2) is 7.87. The Balaban J connectivity index is 0.00000192. The highest BCUT2D eigenvalue weighted by Gasteiger charge is 2.33. The molecule has 1 fully saturated rings. The first kappa shape index (κ1) is 19.5. The van der Waals surface area contributed by atoms with Crippen molar-refractivity contribution in [2.24, 2.45) is 0 Å². The van der Waals surface area contributed by atoms with Gasteiger partial charge in [0.15, 0.2) is 0 Å². The average Bonchev–Trinajstić information content (AvgIpc) is 3.13. The van der Waals surface area contributed by atoms with Gasteiger partial charge in [0, 0.05) is 37.9 Å². The highest BCUT2D eigenvalue weighted by atomic mass is 35.5. The summed E-state index contributed by atoms with van der Waals surface area (Å²) in [4.78, 5) is 19.6. The molecule has 0 saturated carbocycles. The van der Waals surface area contributed by atoms with Crippen molar-refractivity contribution in [2.45, 2.75) is 12.3 Å². The highest BCUT2D eigenvalue weighted by molar-refractivity contribution is 7.18. The van der Waals surface area contributed by atoms with Crippen LogP contribution in [0.25, 0.3) is 10.2 Å². The van der Waals surface area contributed by atoms with Crippen LogP contribution in [0.5, 0.6) is 5.75 Å². The van der Waals surface area contributed by atoms with Gasteiger partial charge in [0.25, 0.3) is 0 Å². The summed E-state index contributed by atoms with van der Waals surface area (Å²) in [7, 11) is 0. The first-order chi connectivity index (χ1) is 13.2. The molecule has 8 heteroatoms. The molecule has 5 nitrogen and oxygen atoms in total. The van der Waals surface area contributed by atoms with Crippen LogP contribution in [0.1, 0.15) is 16.5 Å². The van der Waals surface area contributed by atoms with E-state index in [1.54, 1.807) is 0 Å². The molecule has 0 radical (unpaired) electrons. The van der Waals surface area contributed by atoms with E-state index >= 15 is 0 Å². The second-order valence-electron chi connectivity index (χ2n) is 6.85. The van der Waals surface area contributed by atoms with Crippen molar-refractivity contribution in [3.8, 4) is 5.75 Å². The predicted octanol–water partition coefficient (Wildman–Crippen LogP) is 4.03. The maximum absolute atomic E-state index is 12.7. The lowest BCUT2D eigenvalue weighted by molar-refractivity contribution is -0.137. The van der Waals surface area contributed by atoms with Crippen molar-refractivity contribution in [3.05, 3.63) is 52.0 Å². The van der Waals surface area contributed by atoms with Crippen molar-refractivity contribution in [1.82, 2.24) is 10.3 Å². The second-order valence-corrected chi connectivity index (χ2v) is 8.31. The number of nitrogens with one attached hydrogen (secondary N) is 1. The Morgan fingerprint density at radius 2 is 2.04 bits per heavy atom. The number of ether oxygens (including phenoxy) is 1. The molecule has 146 valence electrons. The molecule has 2 aromatic carbocycles. The number of carbonyl (C=O) groups is 1. The van der Waals surface area contributed by atoms with E-state index in [-0.39, 0.29) is 24.3 Å². The number of rotatable bonds is 2. The lowest BCUT2D eigenvalue weighted by atomic mass is 9.96. The number of anilines is 1. The Bertz CT molecular complexity index is 1030. The van der Waals surface area contributed by atoms with Gasteiger partial charge in [-0.05, 0) is 30.2 Å². The fraction of sp³-hybridized carbons (Fsp3) is 0.300. The number of fused-ring (bicyclic) bond motifs is 2. The maximum atomic E-state index is 12.7. The molecule has 1 saturated heterocycles. The lowest BCUT2D eigenvalue weighted by Crippen LogP contribution is -2.43. The lowest BCUT2D eigenvalue weighted by Gasteiger charge is -2.31. The Hall–Kier alpha value is -1.86. The van der Waals surface area contributed by atoms with Gasteiger partial charge in [-0.15, -0.1) is 23.7 Å². The van der Waals surface area contributed by atoms with E-state index in [2.05, 4.69) is 27.3 Å². The Morgan fingerprint density at radius 3 is 2.82 bits per heavy atom. The highest BCUT2D eigenvalue weighted by Crippen LogP contribution is 2.39. The number of esters is 1. The van der Waals surface area contributed by atoms with Crippen LogP contribution >= 0.6 is 35.3 Å². The number of carbonyl (C=O) groups excluding carboxylic acids is 1. The molecule has 2 aliphatic rings. The number of thiazole rings is 1. The summed E-state index contributed by atoms with van der Waals surface area (Å²) in [5.41, 5.74) is 2.91. The number of halogens is 2. The van der Waals surface area contributed by atoms with Crippen LogP contribution in [0.2, 0.25) is 5.02 Å². The molecular weight excluding hydrogens is 417 g/mol. The van der Waals surface area contributed by atoms with Gasteiger partial charge in [-0.2, -0.15) is 0 Å². The molecule has 3 aromatic rings. The zero-order valence-corrected chi connectivity index (χ0v) is 17.4. The van der Waals surface area contributed by atoms with Gasteiger partial charge in [0.2, 0.25) is 0 Å². The SMILES string of the molecule is Cl.O=C1Oc2cc(N3CCNCC3)ccc2CC1c1nc2c(Cl)cccc2s1. The van der Waals surface area contributed by atoms with E-state index in [4.69, 9.17) is 16.3 Å². The number of hydrogen-bond donors (Lipinski definition) is 1.